The van der Waals surface area contributed by atoms with Crippen molar-refractivity contribution in [2.75, 3.05) is 19.6 Å². The second-order valence-corrected chi connectivity index (χ2v) is 36.2. The van der Waals surface area contributed by atoms with Crippen LogP contribution < -0.4 is 19.6 Å². The van der Waals surface area contributed by atoms with Crippen LogP contribution in [0.4, 0.5) is 68.2 Å². The van der Waals surface area contributed by atoms with E-state index in [1.54, 1.807) is 0 Å². The van der Waals surface area contributed by atoms with E-state index < -0.39 is 0 Å². The lowest BCUT2D eigenvalue weighted by Crippen LogP contribution is -2.10. The van der Waals surface area contributed by atoms with Crippen LogP contribution in [0.5, 0.6) is 0 Å². The zero-order chi connectivity index (χ0) is 94.9. The molecule has 7 nitrogen and oxygen atoms in total. The molecular weight excluding hydrogens is 1740 g/mol. The summed E-state index contributed by atoms with van der Waals surface area (Å²) in [7, 11) is 0. The molecule has 3 aromatic heterocycles. The van der Waals surface area contributed by atoms with Gasteiger partial charge in [0.1, 0.15) is 33.5 Å². The van der Waals surface area contributed by atoms with Crippen molar-refractivity contribution >= 4 is 145 Å². The summed E-state index contributed by atoms with van der Waals surface area (Å²) in [5, 5.41) is 9.13. The third kappa shape index (κ3) is 16.8. The van der Waals surface area contributed by atoms with Gasteiger partial charge in [-0.1, -0.05) is 400 Å². The third-order valence-corrected chi connectivity index (χ3v) is 27.6. The number of hydrogen-bond donors (Lipinski definition) is 0. The van der Waals surface area contributed by atoms with E-state index in [1.807, 2.05) is 36.4 Å². The molecule has 0 aliphatic rings. The zero-order valence-electron chi connectivity index (χ0n) is 78.1. The molecule has 0 spiro atoms. The molecule has 0 unspecified atom stereocenters. The Hall–Kier alpha value is -19.1. The molecule has 0 bridgehead atoms. The van der Waals surface area contributed by atoms with Gasteiger partial charge in [-0.05, 0) is 247 Å². The largest absolute Gasteiger partial charge is 0.455 e. The zero-order valence-corrected chi connectivity index (χ0v) is 78.1. The molecule has 0 aliphatic heterocycles. The van der Waals surface area contributed by atoms with Crippen molar-refractivity contribution in [3.05, 3.63) is 558 Å². The molecule has 0 atom stereocenters. The fourth-order valence-electron chi connectivity index (χ4n) is 20.4. The molecule has 7 heteroatoms. The summed E-state index contributed by atoms with van der Waals surface area (Å²) in [5.41, 5.74) is 38.9. The molecule has 674 valence electrons. The summed E-state index contributed by atoms with van der Waals surface area (Å²) in [6.45, 7) is 0. The van der Waals surface area contributed by atoms with E-state index in [9.17, 15) is 0 Å². The van der Waals surface area contributed by atoms with Gasteiger partial charge in [-0.25, -0.2) is 0 Å². The van der Waals surface area contributed by atoms with Gasteiger partial charge in [-0.2, -0.15) is 0 Å². The number of anilines is 12. The summed E-state index contributed by atoms with van der Waals surface area (Å²) in [6.07, 6.45) is 0. The van der Waals surface area contributed by atoms with Gasteiger partial charge in [-0.15, -0.1) is 0 Å². The van der Waals surface area contributed by atoms with Crippen LogP contribution in [0.15, 0.2) is 571 Å². The first-order valence-electron chi connectivity index (χ1n) is 48.6. The van der Waals surface area contributed by atoms with Gasteiger partial charge in [-0.3, -0.25) is 0 Å². The van der Waals surface area contributed by atoms with Gasteiger partial charge in [0.15, 0.2) is 0 Å². The minimum atomic E-state index is 0.893. The van der Waals surface area contributed by atoms with Crippen molar-refractivity contribution in [1.82, 2.24) is 0 Å². The highest BCUT2D eigenvalue weighted by molar-refractivity contribution is 6.13. The molecule has 23 aromatic carbocycles. The molecule has 0 N–H and O–H groups in total. The quantitative estimate of drug-likeness (QED) is 0.0710. The van der Waals surface area contributed by atoms with Gasteiger partial charge in [0.05, 0.1) is 5.69 Å². The summed E-state index contributed by atoms with van der Waals surface area (Å²) in [5.74, 6) is 0. The lowest BCUT2D eigenvalue weighted by Gasteiger charge is -2.27. The second kappa shape index (κ2) is 37.8. The highest BCUT2D eigenvalue weighted by Gasteiger charge is 2.24. The van der Waals surface area contributed by atoms with E-state index in [4.69, 9.17) is 13.3 Å². The Morgan fingerprint density at radius 1 is 0.112 bits per heavy atom. The van der Waals surface area contributed by atoms with Crippen molar-refractivity contribution < 1.29 is 13.3 Å². The van der Waals surface area contributed by atoms with E-state index in [2.05, 4.69) is 541 Å². The third-order valence-electron chi connectivity index (χ3n) is 27.6. The van der Waals surface area contributed by atoms with Crippen LogP contribution in [0.3, 0.4) is 0 Å². The summed E-state index contributed by atoms with van der Waals surface area (Å²) >= 11 is 0. The normalized spacial score (nSPS) is 11.4. The SMILES string of the molecule is c1ccc(-c2ccc(N(c3ccc(-c4ccccc4)cc3)c3ccc(-c4ccc(N(c5ccc(-c6cccc7c6oc6ccccc67)cc5)c5ccc(-c6cccc7c6oc6ccccc67)cc5)cc4)cc3)cc2)cc1.c1ccc(-c2ccc(N(c3ccc(-c4ccccc4)cc3)c3ccc(-c4ccc(N(c5ccc(-c6cccc7c6oc6ccccc67)cc5)c5cccc6ccccc56)cc4)cc3)cc2)cc1. The maximum Gasteiger partial charge on any atom is 0.143 e. The standard InChI is InChI=1S/C72H48N2O2.C64H44N2O/c1-3-13-49(14-4-1)51-25-37-57(38-26-51)73(58-39-27-52(28-40-58)50-15-5-2-6-16-50)59-41-29-53(30-42-59)54-31-43-60(44-32-54)74(61-45-33-55(34-46-61)63-19-11-21-67-65-17-7-9-23-69(65)75-71(63)67)62-47-35-56(36-48-62)64-20-12-22-68-66-18-8-10-24-70(66)76-72(64)68;1-3-13-45(14-4-1)47-25-35-53(36-26-47)65(54-37-27-48(28-38-54)46-15-5-2-6-16-46)55-39-29-49(30-40-55)50-31-41-56(42-32-50)66(62-23-11-18-51-17-7-8-19-58(51)62)57-43-33-52(34-44-57)59-21-12-22-61-60-20-9-10-24-63(60)67-64(59)61/h1-48H;1-44H. The molecule has 0 aliphatic carbocycles. The van der Waals surface area contributed by atoms with E-state index in [0.29, 0.717) is 0 Å². The smallest absolute Gasteiger partial charge is 0.143 e. The van der Waals surface area contributed by atoms with E-state index >= 15 is 0 Å². The van der Waals surface area contributed by atoms with Gasteiger partial charge in [0.2, 0.25) is 0 Å². The van der Waals surface area contributed by atoms with Crippen LogP contribution in [0.1, 0.15) is 0 Å². The number of benzene rings is 23. The molecular formula is C136H92N4O3. The number of hydrogen-bond acceptors (Lipinski definition) is 7. The summed E-state index contributed by atoms with van der Waals surface area (Å²) in [6, 6.07) is 199. The predicted molar refractivity (Wildman–Crippen MR) is 600 cm³/mol. The molecule has 0 fully saturated rings. The van der Waals surface area contributed by atoms with Gasteiger partial charge < -0.3 is 32.9 Å². The Morgan fingerprint density at radius 3 is 0.531 bits per heavy atom. The number of furan rings is 3. The van der Waals surface area contributed by atoms with Crippen molar-refractivity contribution in [1.29, 1.82) is 0 Å². The topological polar surface area (TPSA) is 52.4 Å². The van der Waals surface area contributed by atoms with Crippen molar-refractivity contribution in [3.63, 3.8) is 0 Å². The number of para-hydroxylation sites is 6. The van der Waals surface area contributed by atoms with Crippen molar-refractivity contribution in [2.24, 2.45) is 0 Å². The molecule has 0 saturated carbocycles. The highest BCUT2D eigenvalue weighted by atomic mass is 16.3. The average Bonchev–Trinajstić information content (AvgIpc) is 1.58. The monoisotopic (exact) mass is 1830 g/mol. The fourth-order valence-corrected chi connectivity index (χ4v) is 20.4. The number of rotatable bonds is 21. The van der Waals surface area contributed by atoms with E-state index in [-0.39, 0.29) is 0 Å². The maximum atomic E-state index is 6.47. The maximum absolute atomic E-state index is 6.47. The van der Waals surface area contributed by atoms with Gasteiger partial charge in [0, 0.05) is 117 Å². The lowest BCUT2D eigenvalue weighted by atomic mass is 10.0. The first-order chi connectivity index (χ1) is 70.9. The first-order valence-corrected chi connectivity index (χ1v) is 48.6. The summed E-state index contributed by atoms with van der Waals surface area (Å²) < 4.78 is 19.4. The van der Waals surface area contributed by atoms with Crippen LogP contribution in [0, 0.1) is 0 Å². The van der Waals surface area contributed by atoms with Gasteiger partial charge in [0.25, 0.3) is 0 Å². The minimum absolute atomic E-state index is 0.893. The Balaban J connectivity index is 0.000000151. The number of nitrogens with zero attached hydrogens (tertiary/aromatic N) is 4. The Morgan fingerprint density at radius 2 is 0.287 bits per heavy atom. The second-order valence-electron chi connectivity index (χ2n) is 36.2. The fraction of sp³-hybridized carbons (Fsp3) is 0. The van der Waals surface area contributed by atoms with Crippen molar-refractivity contribution in [3.8, 4) is 100 Å². The van der Waals surface area contributed by atoms with Crippen LogP contribution in [0.2, 0.25) is 0 Å². The Labute approximate surface area is 830 Å². The lowest BCUT2D eigenvalue weighted by molar-refractivity contribution is 0.669. The minimum Gasteiger partial charge on any atom is -0.455 e. The molecule has 26 aromatic rings. The van der Waals surface area contributed by atoms with Crippen molar-refractivity contribution in [2.45, 2.75) is 0 Å². The molecule has 0 amide bonds. The first kappa shape index (κ1) is 85.6. The van der Waals surface area contributed by atoms with Gasteiger partial charge >= 0.3 is 0 Å². The van der Waals surface area contributed by atoms with Crippen LogP contribution in [0.25, 0.3) is 177 Å². The van der Waals surface area contributed by atoms with Crippen LogP contribution in [-0.4, -0.2) is 0 Å². The molecule has 0 saturated heterocycles. The molecule has 26 rings (SSSR count). The molecule has 0 radical (unpaired) electrons. The average molecular weight is 1830 g/mol. The predicted octanol–water partition coefficient (Wildman–Crippen LogP) is 39.1. The van der Waals surface area contributed by atoms with Crippen LogP contribution >= 0.6 is 0 Å². The van der Waals surface area contributed by atoms with Crippen LogP contribution in [-0.2, 0) is 0 Å². The Bertz CT molecular complexity index is 8700. The highest BCUT2D eigenvalue weighted by Crippen LogP contribution is 2.48. The number of fused-ring (bicyclic) bond motifs is 10. The molecule has 3 heterocycles. The van der Waals surface area contributed by atoms with E-state index in [0.717, 1.165) is 190 Å². The molecule has 143 heavy (non-hydrogen) atoms. The summed E-state index contributed by atoms with van der Waals surface area (Å²) in [4.78, 5) is 9.36. The Kier molecular flexibility index (Phi) is 22.6. The van der Waals surface area contributed by atoms with E-state index in [1.165, 1.54) is 55.3 Å².